The summed E-state index contributed by atoms with van der Waals surface area (Å²) in [5, 5.41) is 9.82. The molecule has 3 N–H and O–H groups in total. The third-order valence-electron chi connectivity index (χ3n) is 7.58. The van der Waals surface area contributed by atoms with Gasteiger partial charge in [0.05, 0.1) is 0 Å². The van der Waals surface area contributed by atoms with Gasteiger partial charge >= 0.3 is 0 Å². The molecule has 136 valence electrons. The van der Waals surface area contributed by atoms with E-state index in [2.05, 4.69) is 13.0 Å². The molecule has 3 nitrogen and oxygen atoms in total. The van der Waals surface area contributed by atoms with Crippen molar-refractivity contribution in [2.75, 3.05) is 6.54 Å². The number of ketones is 1. The molecular weight excluding hydrogens is 310 g/mol. The summed E-state index contributed by atoms with van der Waals surface area (Å²) in [5.74, 6) is 3.20. The molecule has 2 saturated carbocycles. The summed E-state index contributed by atoms with van der Waals surface area (Å²) in [5.41, 5.74) is 8.36. The number of aromatic hydroxyl groups is 1. The van der Waals surface area contributed by atoms with Crippen LogP contribution < -0.4 is 5.73 Å². The average Bonchev–Trinajstić information content (AvgIpc) is 2.85. The maximum absolute atomic E-state index is 12.9. The normalized spacial score (nSPS) is 36.6. The summed E-state index contributed by atoms with van der Waals surface area (Å²) in [6.45, 7) is 3.01. The third-order valence-corrected chi connectivity index (χ3v) is 7.58. The van der Waals surface area contributed by atoms with Crippen LogP contribution in [0.4, 0.5) is 0 Å². The molecule has 4 rings (SSSR count). The van der Waals surface area contributed by atoms with Crippen molar-refractivity contribution in [3.63, 3.8) is 0 Å². The lowest BCUT2D eigenvalue weighted by Crippen LogP contribution is -2.44. The predicted molar refractivity (Wildman–Crippen MR) is 99.5 cm³/mol. The van der Waals surface area contributed by atoms with Crippen LogP contribution in [0.25, 0.3) is 0 Å². The minimum absolute atomic E-state index is 0.0943. The number of Topliss-reactive ketones (excluding diaryl/α,β-unsaturated/α-hetero) is 1. The van der Waals surface area contributed by atoms with Gasteiger partial charge in [0.15, 0.2) is 0 Å². The lowest BCUT2D eigenvalue weighted by Gasteiger charge is -2.50. The van der Waals surface area contributed by atoms with Gasteiger partial charge < -0.3 is 10.8 Å². The van der Waals surface area contributed by atoms with Crippen molar-refractivity contribution in [1.29, 1.82) is 0 Å². The minimum Gasteiger partial charge on any atom is -0.508 e. The van der Waals surface area contributed by atoms with Crippen LogP contribution >= 0.6 is 0 Å². The van der Waals surface area contributed by atoms with Crippen LogP contribution in [0.5, 0.6) is 5.75 Å². The predicted octanol–water partition coefficient (Wildman–Crippen LogP) is 4.17. The van der Waals surface area contributed by atoms with Crippen molar-refractivity contribution in [2.24, 2.45) is 28.9 Å². The van der Waals surface area contributed by atoms with E-state index in [0.717, 1.165) is 51.5 Å². The van der Waals surface area contributed by atoms with Crippen LogP contribution in [-0.2, 0) is 11.2 Å². The van der Waals surface area contributed by atoms with Gasteiger partial charge in [0.1, 0.15) is 11.5 Å². The molecule has 3 aliphatic carbocycles. The van der Waals surface area contributed by atoms with E-state index < -0.39 is 0 Å². The number of phenols is 1. The first kappa shape index (κ1) is 17.1. The molecule has 0 spiro atoms. The van der Waals surface area contributed by atoms with Gasteiger partial charge in [-0.3, -0.25) is 4.79 Å². The average molecular weight is 341 g/mol. The number of nitrogens with two attached hydrogens (primary N) is 1. The fourth-order valence-electron chi connectivity index (χ4n) is 6.44. The SMILES string of the molecule is C[C@]12CC[C@@H]3c4ccc(O)cc4CC[C@H]3[C@@H]1[C@@H](CCCCN)CC2=O. The molecule has 0 heterocycles. The molecule has 0 unspecified atom stereocenters. The lowest BCUT2D eigenvalue weighted by molar-refractivity contribution is -0.129. The number of hydrogen-bond acceptors (Lipinski definition) is 3. The van der Waals surface area contributed by atoms with E-state index in [0.29, 0.717) is 35.2 Å². The van der Waals surface area contributed by atoms with Gasteiger partial charge in [-0.25, -0.2) is 0 Å². The lowest BCUT2D eigenvalue weighted by atomic mass is 9.54. The van der Waals surface area contributed by atoms with Crippen molar-refractivity contribution in [3.8, 4) is 5.75 Å². The Kier molecular flexibility index (Phi) is 4.39. The summed E-state index contributed by atoms with van der Waals surface area (Å²) in [6, 6.07) is 5.94. The number of carbonyl (C=O) groups is 1. The highest BCUT2D eigenvalue weighted by atomic mass is 16.3. The van der Waals surface area contributed by atoms with E-state index in [1.54, 1.807) is 0 Å². The van der Waals surface area contributed by atoms with Gasteiger partial charge in [0, 0.05) is 11.8 Å². The van der Waals surface area contributed by atoms with Crippen LogP contribution in [0.2, 0.25) is 0 Å². The molecule has 1 aromatic carbocycles. The second-order valence-corrected chi connectivity index (χ2v) is 8.85. The maximum Gasteiger partial charge on any atom is 0.139 e. The molecule has 3 heteroatoms. The van der Waals surface area contributed by atoms with E-state index in [4.69, 9.17) is 5.73 Å². The summed E-state index contributed by atoms with van der Waals surface area (Å²) >= 11 is 0. The van der Waals surface area contributed by atoms with Crippen molar-refractivity contribution >= 4 is 5.78 Å². The Morgan fingerprint density at radius 2 is 2.12 bits per heavy atom. The number of rotatable bonds is 4. The van der Waals surface area contributed by atoms with Crippen molar-refractivity contribution < 1.29 is 9.90 Å². The smallest absolute Gasteiger partial charge is 0.139 e. The number of fused-ring (bicyclic) bond motifs is 5. The second-order valence-electron chi connectivity index (χ2n) is 8.85. The molecule has 25 heavy (non-hydrogen) atoms. The van der Waals surface area contributed by atoms with Crippen LogP contribution in [-0.4, -0.2) is 17.4 Å². The molecule has 0 radical (unpaired) electrons. The zero-order valence-electron chi connectivity index (χ0n) is 15.3. The van der Waals surface area contributed by atoms with Crippen molar-refractivity contribution in [1.82, 2.24) is 0 Å². The van der Waals surface area contributed by atoms with E-state index in [9.17, 15) is 9.90 Å². The van der Waals surface area contributed by atoms with Gasteiger partial charge in [0.25, 0.3) is 0 Å². The van der Waals surface area contributed by atoms with Crippen LogP contribution in [0, 0.1) is 23.2 Å². The maximum atomic E-state index is 12.9. The van der Waals surface area contributed by atoms with Crippen molar-refractivity contribution in [2.45, 2.75) is 64.2 Å². The fraction of sp³-hybridized carbons (Fsp3) is 0.682. The Labute approximate surface area is 151 Å². The van der Waals surface area contributed by atoms with E-state index in [1.807, 2.05) is 12.1 Å². The Morgan fingerprint density at radius 1 is 1.28 bits per heavy atom. The monoisotopic (exact) mass is 341 g/mol. The Bertz CT molecular complexity index is 670. The summed E-state index contributed by atoms with van der Waals surface area (Å²) in [6.07, 6.45) is 8.55. The van der Waals surface area contributed by atoms with Gasteiger partial charge in [-0.15, -0.1) is 0 Å². The number of carbonyl (C=O) groups excluding carboxylic acids is 1. The summed E-state index contributed by atoms with van der Waals surface area (Å²) < 4.78 is 0. The molecule has 0 aliphatic heterocycles. The van der Waals surface area contributed by atoms with Gasteiger partial charge in [0.2, 0.25) is 0 Å². The van der Waals surface area contributed by atoms with E-state index >= 15 is 0 Å². The van der Waals surface area contributed by atoms with Gasteiger partial charge in [-0.2, -0.15) is 0 Å². The Hall–Kier alpha value is -1.35. The highest BCUT2D eigenvalue weighted by molar-refractivity contribution is 5.87. The summed E-state index contributed by atoms with van der Waals surface area (Å²) in [4.78, 5) is 12.9. The molecule has 0 saturated heterocycles. The summed E-state index contributed by atoms with van der Waals surface area (Å²) in [7, 11) is 0. The fourth-order valence-corrected chi connectivity index (χ4v) is 6.44. The highest BCUT2D eigenvalue weighted by Gasteiger charge is 2.58. The highest BCUT2D eigenvalue weighted by Crippen LogP contribution is 2.62. The van der Waals surface area contributed by atoms with E-state index in [1.165, 1.54) is 17.5 Å². The molecule has 0 aromatic heterocycles. The second kappa shape index (κ2) is 6.42. The standard InChI is InChI=1S/C22H31NO2/c1-22-10-9-18-17-8-6-16(24)12-14(17)5-7-19(18)21(22)15(13-20(22)25)4-2-3-11-23/h6,8,12,15,18-19,21,24H,2-5,7,9-11,13,23H2,1H3/t15-,18+,19+,21-,22+/m0/s1. The number of phenolic OH excluding ortho intramolecular Hbond substituents is 1. The number of unbranched alkanes of at least 4 members (excludes halogenated alkanes) is 1. The first-order chi connectivity index (χ1) is 12.0. The minimum atomic E-state index is -0.0943. The van der Waals surface area contributed by atoms with Gasteiger partial charge in [-0.05, 0) is 92.0 Å². The molecule has 1 aromatic rings. The topological polar surface area (TPSA) is 63.3 Å². The molecule has 3 aliphatic rings. The van der Waals surface area contributed by atoms with Crippen molar-refractivity contribution in [3.05, 3.63) is 29.3 Å². The third kappa shape index (κ3) is 2.71. The Balaban J connectivity index is 1.63. The van der Waals surface area contributed by atoms with Crippen LogP contribution in [0.15, 0.2) is 18.2 Å². The molecule has 0 bridgehead atoms. The van der Waals surface area contributed by atoms with Gasteiger partial charge in [-0.1, -0.05) is 19.4 Å². The number of hydrogen-bond donors (Lipinski definition) is 2. The Morgan fingerprint density at radius 3 is 2.92 bits per heavy atom. The van der Waals surface area contributed by atoms with Crippen LogP contribution in [0.3, 0.4) is 0 Å². The first-order valence-corrected chi connectivity index (χ1v) is 10.1. The number of aryl methyl sites for hydroxylation is 1. The largest absolute Gasteiger partial charge is 0.508 e. The number of benzene rings is 1. The molecule has 0 amide bonds. The first-order valence-electron chi connectivity index (χ1n) is 10.1. The molecule has 5 atom stereocenters. The quantitative estimate of drug-likeness (QED) is 0.808. The molecular formula is C22H31NO2. The molecule has 2 fully saturated rings. The van der Waals surface area contributed by atoms with Crippen LogP contribution in [0.1, 0.15) is 68.9 Å². The zero-order valence-corrected chi connectivity index (χ0v) is 15.3. The van der Waals surface area contributed by atoms with E-state index in [-0.39, 0.29) is 5.41 Å². The zero-order chi connectivity index (χ0) is 17.6.